The molecule has 0 aliphatic rings. The average molecular weight is 275 g/mol. The second kappa shape index (κ2) is 6.65. The predicted molar refractivity (Wildman–Crippen MR) is 73.7 cm³/mol. The number of carbonyl (C=O) groups is 1. The fraction of sp³-hybridized carbons (Fsp3) is 0.385. The summed E-state index contributed by atoms with van der Waals surface area (Å²) in [6, 6.07) is 6.96. The molecule has 1 N–H and O–H groups in total. The predicted octanol–water partition coefficient (Wildman–Crippen LogP) is 1.73. The van der Waals surface area contributed by atoms with Gasteiger partial charge in [0.1, 0.15) is 5.75 Å². The number of nitrogens with zero attached hydrogens (tertiary/aromatic N) is 4. The van der Waals surface area contributed by atoms with Crippen molar-refractivity contribution in [2.45, 2.75) is 26.8 Å². The van der Waals surface area contributed by atoms with Crippen molar-refractivity contribution < 1.29 is 9.53 Å². The molecule has 0 fully saturated rings. The minimum atomic E-state index is -0.253. The van der Waals surface area contributed by atoms with Crippen LogP contribution in [0.1, 0.15) is 30.6 Å². The maximum absolute atomic E-state index is 12.0. The summed E-state index contributed by atoms with van der Waals surface area (Å²) < 4.78 is 6.97. The van der Waals surface area contributed by atoms with Crippen LogP contribution in [0.25, 0.3) is 0 Å². The molecule has 0 spiro atoms. The van der Waals surface area contributed by atoms with Crippen molar-refractivity contribution in [3.8, 4) is 5.75 Å². The summed E-state index contributed by atoms with van der Waals surface area (Å²) in [5.74, 6) is 0.835. The summed E-state index contributed by atoms with van der Waals surface area (Å²) in [6.45, 7) is 5.19. The maximum Gasteiger partial charge on any atom is 0.258 e. The largest absolute Gasteiger partial charge is 0.494 e. The molecule has 0 radical (unpaired) electrons. The van der Waals surface area contributed by atoms with E-state index >= 15 is 0 Å². The van der Waals surface area contributed by atoms with E-state index in [0.717, 1.165) is 12.2 Å². The first-order valence-corrected chi connectivity index (χ1v) is 6.55. The summed E-state index contributed by atoms with van der Waals surface area (Å²) in [4.78, 5) is 12.0. The Balaban J connectivity index is 2.02. The summed E-state index contributed by atoms with van der Waals surface area (Å²) in [5.41, 5.74) is 0.527. The number of hydrogen-bond donors (Lipinski definition) is 1. The molecule has 1 heterocycles. The summed E-state index contributed by atoms with van der Waals surface area (Å²) >= 11 is 0. The van der Waals surface area contributed by atoms with E-state index in [9.17, 15) is 4.79 Å². The molecule has 0 unspecified atom stereocenters. The van der Waals surface area contributed by atoms with E-state index in [2.05, 4.69) is 20.8 Å². The van der Waals surface area contributed by atoms with Crippen molar-refractivity contribution in [3.63, 3.8) is 0 Å². The molecule has 0 saturated heterocycles. The number of aromatic nitrogens is 4. The molecule has 0 aliphatic heterocycles. The van der Waals surface area contributed by atoms with E-state index in [-0.39, 0.29) is 5.91 Å². The average Bonchev–Trinajstić information content (AvgIpc) is 2.92. The van der Waals surface area contributed by atoms with Gasteiger partial charge in [0.25, 0.3) is 5.91 Å². The highest BCUT2D eigenvalue weighted by molar-refractivity contribution is 6.03. The summed E-state index contributed by atoms with van der Waals surface area (Å²) in [5, 5.41) is 13.7. The molecule has 1 amide bonds. The summed E-state index contributed by atoms with van der Waals surface area (Å²) in [7, 11) is 0. The number of benzene rings is 1. The van der Waals surface area contributed by atoms with Gasteiger partial charge in [-0.3, -0.25) is 10.1 Å². The molecule has 0 aliphatic carbocycles. The first kappa shape index (κ1) is 14.0. The Labute approximate surface area is 116 Å². The normalized spacial score (nSPS) is 10.3. The number of hydrogen-bond acceptors (Lipinski definition) is 5. The topological polar surface area (TPSA) is 81.9 Å². The van der Waals surface area contributed by atoms with E-state index in [1.807, 2.05) is 13.8 Å². The Morgan fingerprint density at radius 2 is 2.05 bits per heavy atom. The van der Waals surface area contributed by atoms with Crippen molar-refractivity contribution in [1.29, 1.82) is 0 Å². The molecular formula is C13H17N5O2. The molecule has 1 aromatic carbocycles. The Bertz CT molecular complexity index is 564. The van der Waals surface area contributed by atoms with E-state index < -0.39 is 0 Å². The van der Waals surface area contributed by atoms with E-state index in [0.29, 0.717) is 24.7 Å². The van der Waals surface area contributed by atoms with E-state index in [1.54, 1.807) is 24.3 Å². The van der Waals surface area contributed by atoms with Crippen LogP contribution >= 0.6 is 0 Å². The minimum absolute atomic E-state index is 0.253. The van der Waals surface area contributed by atoms with Crippen molar-refractivity contribution in [2.24, 2.45) is 0 Å². The molecule has 0 atom stereocenters. The highest BCUT2D eigenvalue weighted by Gasteiger charge is 2.11. The highest BCUT2D eigenvalue weighted by atomic mass is 16.5. The zero-order valence-corrected chi connectivity index (χ0v) is 11.5. The fourth-order valence-electron chi connectivity index (χ4n) is 1.60. The second-order valence-corrected chi connectivity index (χ2v) is 4.15. The van der Waals surface area contributed by atoms with Crippen LogP contribution < -0.4 is 10.1 Å². The third kappa shape index (κ3) is 3.31. The lowest BCUT2D eigenvalue weighted by Crippen LogP contribution is -2.16. The van der Waals surface area contributed by atoms with Gasteiger partial charge in [0.15, 0.2) is 0 Å². The zero-order chi connectivity index (χ0) is 14.4. The molecule has 2 aromatic rings. The van der Waals surface area contributed by atoms with Gasteiger partial charge in [0.05, 0.1) is 6.61 Å². The van der Waals surface area contributed by atoms with Gasteiger partial charge in [-0.25, -0.2) is 4.68 Å². The lowest BCUT2D eigenvalue weighted by molar-refractivity contribution is 0.102. The number of aryl methyl sites for hydroxylation is 1. The molecule has 106 valence electrons. The molecule has 20 heavy (non-hydrogen) atoms. The van der Waals surface area contributed by atoms with Crippen LogP contribution in [0.4, 0.5) is 5.95 Å². The van der Waals surface area contributed by atoms with Gasteiger partial charge >= 0.3 is 0 Å². The smallest absolute Gasteiger partial charge is 0.258 e. The van der Waals surface area contributed by atoms with Crippen LogP contribution in [0, 0.1) is 0 Å². The van der Waals surface area contributed by atoms with Crippen molar-refractivity contribution in [2.75, 3.05) is 11.9 Å². The van der Waals surface area contributed by atoms with Crippen molar-refractivity contribution in [3.05, 3.63) is 29.8 Å². The van der Waals surface area contributed by atoms with Gasteiger partial charge in [-0.1, -0.05) is 12.0 Å². The molecular weight excluding hydrogens is 258 g/mol. The molecule has 2 rings (SSSR count). The monoisotopic (exact) mass is 275 g/mol. The number of anilines is 1. The molecule has 7 heteroatoms. The lowest BCUT2D eigenvalue weighted by atomic mass is 10.2. The van der Waals surface area contributed by atoms with Gasteiger partial charge in [-0.2, -0.15) is 0 Å². The number of tetrazole rings is 1. The third-order valence-electron chi connectivity index (χ3n) is 2.65. The highest BCUT2D eigenvalue weighted by Crippen LogP contribution is 2.13. The molecule has 0 saturated carbocycles. The van der Waals surface area contributed by atoms with Crippen LogP contribution in [-0.4, -0.2) is 32.7 Å². The Kier molecular flexibility index (Phi) is 4.65. The second-order valence-electron chi connectivity index (χ2n) is 4.15. The Hall–Kier alpha value is -2.44. The maximum atomic E-state index is 12.0. The van der Waals surface area contributed by atoms with Gasteiger partial charge in [-0.05, 0) is 48.0 Å². The quantitative estimate of drug-likeness (QED) is 0.868. The van der Waals surface area contributed by atoms with Crippen LogP contribution in [0.2, 0.25) is 0 Å². The standard InChI is InChI=1S/C13H17N5O2/c1-3-9-20-11-7-5-10(6-8-11)12(19)14-13-15-16-17-18(13)4-2/h5-8H,3-4,9H2,1-2H3,(H,14,15,17,19). The van der Waals surface area contributed by atoms with Crippen LogP contribution in [0.5, 0.6) is 5.75 Å². The van der Waals surface area contributed by atoms with Crippen molar-refractivity contribution >= 4 is 11.9 Å². The third-order valence-corrected chi connectivity index (χ3v) is 2.65. The van der Waals surface area contributed by atoms with Crippen LogP contribution in [-0.2, 0) is 6.54 Å². The number of amides is 1. The number of carbonyl (C=O) groups excluding carboxylic acids is 1. The van der Waals surface area contributed by atoms with E-state index in [4.69, 9.17) is 4.74 Å². The summed E-state index contributed by atoms with van der Waals surface area (Å²) in [6.07, 6.45) is 0.946. The van der Waals surface area contributed by atoms with Crippen molar-refractivity contribution in [1.82, 2.24) is 20.2 Å². The van der Waals surface area contributed by atoms with Crippen LogP contribution in [0.3, 0.4) is 0 Å². The molecule has 1 aromatic heterocycles. The van der Waals surface area contributed by atoms with Crippen LogP contribution in [0.15, 0.2) is 24.3 Å². The Morgan fingerprint density at radius 1 is 1.30 bits per heavy atom. The van der Waals surface area contributed by atoms with Gasteiger partial charge in [0.2, 0.25) is 5.95 Å². The fourth-order valence-corrected chi connectivity index (χ4v) is 1.60. The van der Waals surface area contributed by atoms with Gasteiger partial charge in [-0.15, -0.1) is 0 Å². The first-order valence-electron chi connectivity index (χ1n) is 6.55. The van der Waals surface area contributed by atoms with Gasteiger partial charge < -0.3 is 4.74 Å². The molecule has 0 bridgehead atoms. The lowest BCUT2D eigenvalue weighted by Gasteiger charge is -2.06. The number of ether oxygens (including phenoxy) is 1. The number of rotatable bonds is 6. The first-order chi connectivity index (χ1) is 9.74. The minimum Gasteiger partial charge on any atom is -0.494 e. The Morgan fingerprint density at radius 3 is 2.70 bits per heavy atom. The number of nitrogens with one attached hydrogen (secondary N) is 1. The molecule has 7 nitrogen and oxygen atoms in total. The van der Waals surface area contributed by atoms with Gasteiger partial charge in [0, 0.05) is 12.1 Å². The SMILES string of the molecule is CCCOc1ccc(C(=O)Nc2nnnn2CC)cc1. The zero-order valence-electron chi connectivity index (χ0n) is 11.5. The van der Waals surface area contributed by atoms with E-state index in [1.165, 1.54) is 4.68 Å².